The molecule has 18 heavy (non-hydrogen) atoms. The summed E-state index contributed by atoms with van der Waals surface area (Å²) in [6, 6.07) is 4.86. The second-order valence-corrected chi connectivity index (χ2v) is 5.64. The zero-order valence-corrected chi connectivity index (χ0v) is 11.5. The van der Waals surface area contributed by atoms with Crippen LogP contribution in [0, 0.1) is 0 Å². The summed E-state index contributed by atoms with van der Waals surface area (Å²) in [5.41, 5.74) is 2.62. The fourth-order valence-corrected chi connectivity index (χ4v) is 3.23. The number of hydrogen-bond acceptors (Lipinski definition) is 3. The normalized spacial score (nSPS) is 18.4. The van der Waals surface area contributed by atoms with E-state index >= 15 is 0 Å². The van der Waals surface area contributed by atoms with E-state index in [0.717, 1.165) is 19.4 Å². The van der Waals surface area contributed by atoms with Crippen molar-refractivity contribution in [2.24, 2.45) is 0 Å². The lowest BCUT2D eigenvalue weighted by Gasteiger charge is -2.25. The monoisotopic (exact) mass is 261 g/mol. The lowest BCUT2D eigenvalue weighted by atomic mass is 10.1. The third-order valence-electron chi connectivity index (χ3n) is 3.52. The lowest BCUT2D eigenvalue weighted by molar-refractivity contribution is 0.478. The molecule has 0 fully saturated rings. The minimum atomic E-state index is 0.419. The molecule has 3 nitrogen and oxygen atoms in total. The third-order valence-corrected chi connectivity index (χ3v) is 4.22. The zero-order chi connectivity index (χ0) is 12.4. The van der Waals surface area contributed by atoms with Crippen molar-refractivity contribution in [1.82, 2.24) is 9.78 Å². The molecule has 0 radical (unpaired) electrons. The van der Waals surface area contributed by atoms with Crippen LogP contribution in [0.3, 0.4) is 0 Å². The van der Waals surface area contributed by atoms with Crippen LogP contribution in [0.2, 0.25) is 0 Å². The molecular formula is C14H19N3S. The highest BCUT2D eigenvalue weighted by Crippen LogP contribution is 2.31. The van der Waals surface area contributed by atoms with Crippen LogP contribution in [-0.4, -0.2) is 16.3 Å². The highest BCUT2D eigenvalue weighted by molar-refractivity contribution is 7.07. The first kappa shape index (κ1) is 11.8. The van der Waals surface area contributed by atoms with Gasteiger partial charge in [-0.3, -0.25) is 0 Å². The minimum Gasteiger partial charge on any atom is -0.370 e. The fourth-order valence-electron chi connectivity index (χ4n) is 2.53. The molecule has 1 unspecified atom stereocenters. The molecule has 3 heterocycles. The Kier molecular flexibility index (Phi) is 3.37. The first-order valence-electron chi connectivity index (χ1n) is 6.73. The molecule has 2 aromatic heterocycles. The van der Waals surface area contributed by atoms with Crippen molar-refractivity contribution in [1.29, 1.82) is 0 Å². The molecule has 0 saturated heterocycles. The van der Waals surface area contributed by atoms with Gasteiger partial charge < -0.3 is 5.32 Å². The van der Waals surface area contributed by atoms with Crippen LogP contribution in [-0.2, 0) is 6.42 Å². The molecule has 0 aliphatic carbocycles. The lowest BCUT2D eigenvalue weighted by Crippen LogP contribution is -2.23. The third kappa shape index (κ3) is 2.17. The van der Waals surface area contributed by atoms with Crippen LogP contribution in [0.1, 0.15) is 43.5 Å². The molecule has 1 aliphatic heterocycles. The first-order chi connectivity index (χ1) is 8.88. The average Bonchev–Trinajstić information content (AvgIpc) is 3.04. The van der Waals surface area contributed by atoms with Crippen molar-refractivity contribution in [3.8, 4) is 0 Å². The summed E-state index contributed by atoms with van der Waals surface area (Å²) in [4.78, 5) is 0. The molecule has 4 heteroatoms. The van der Waals surface area contributed by atoms with Gasteiger partial charge in [0.15, 0.2) is 0 Å². The number of aryl methyl sites for hydroxylation is 1. The maximum atomic E-state index is 4.78. The van der Waals surface area contributed by atoms with Gasteiger partial charge >= 0.3 is 0 Å². The molecule has 0 aromatic carbocycles. The largest absolute Gasteiger partial charge is 0.370 e. The average molecular weight is 261 g/mol. The number of hydrogen-bond donors (Lipinski definition) is 1. The van der Waals surface area contributed by atoms with Crippen LogP contribution < -0.4 is 5.32 Å². The van der Waals surface area contributed by atoms with E-state index in [9.17, 15) is 0 Å². The molecule has 1 aliphatic rings. The Hall–Kier alpha value is -1.29. The SMILES string of the molecule is CCCCc1cc2n(n1)C(c1ccsc1)CCN2. The number of aromatic nitrogens is 2. The molecule has 0 amide bonds. The van der Waals surface area contributed by atoms with Crippen LogP contribution in [0.5, 0.6) is 0 Å². The maximum absolute atomic E-state index is 4.78. The Morgan fingerprint density at radius 3 is 3.28 bits per heavy atom. The fraction of sp³-hybridized carbons (Fsp3) is 0.500. The molecule has 0 spiro atoms. The van der Waals surface area contributed by atoms with Gasteiger partial charge in [-0.1, -0.05) is 13.3 Å². The minimum absolute atomic E-state index is 0.419. The van der Waals surface area contributed by atoms with Gasteiger partial charge in [0, 0.05) is 12.6 Å². The molecule has 2 aromatic rings. The van der Waals surface area contributed by atoms with Gasteiger partial charge in [0.2, 0.25) is 0 Å². The van der Waals surface area contributed by atoms with E-state index in [0.29, 0.717) is 6.04 Å². The number of nitrogens with zero attached hydrogens (tertiary/aromatic N) is 2. The van der Waals surface area contributed by atoms with E-state index in [2.05, 4.69) is 39.8 Å². The molecule has 96 valence electrons. The van der Waals surface area contributed by atoms with E-state index in [1.807, 2.05) is 0 Å². The molecule has 0 saturated carbocycles. The van der Waals surface area contributed by atoms with Gasteiger partial charge in [0.05, 0.1) is 11.7 Å². The molecule has 0 bridgehead atoms. The number of fused-ring (bicyclic) bond motifs is 1. The van der Waals surface area contributed by atoms with Crippen molar-refractivity contribution in [2.45, 2.75) is 38.6 Å². The number of rotatable bonds is 4. The Morgan fingerprint density at radius 2 is 2.50 bits per heavy atom. The highest BCUT2D eigenvalue weighted by atomic mass is 32.1. The van der Waals surface area contributed by atoms with E-state index in [1.54, 1.807) is 11.3 Å². The van der Waals surface area contributed by atoms with Gasteiger partial charge in [-0.15, -0.1) is 0 Å². The van der Waals surface area contributed by atoms with Crippen molar-refractivity contribution in [3.63, 3.8) is 0 Å². The number of thiophene rings is 1. The van der Waals surface area contributed by atoms with E-state index in [-0.39, 0.29) is 0 Å². The van der Waals surface area contributed by atoms with Crippen LogP contribution in [0.25, 0.3) is 0 Å². The van der Waals surface area contributed by atoms with Crippen LogP contribution in [0.4, 0.5) is 5.82 Å². The smallest absolute Gasteiger partial charge is 0.125 e. The van der Waals surface area contributed by atoms with Crippen molar-refractivity contribution in [2.75, 3.05) is 11.9 Å². The Balaban J connectivity index is 1.88. The Labute approximate surface area is 112 Å². The second-order valence-electron chi connectivity index (χ2n) is 4.86. The first-order valence-corrected chi connectivity index (χ1v) is 7.67. The van der Waals surface area contributed by atoms with Gasteiger partial charge in [-0.05, 0) is 41.7 Å². The molecule has 1 N–H and O–H groups in total. The summed E-state index contributed by atoms with van der Waals surface area (Å²) in [6.45, 7) is 3.27. The molecule has 3 rings (SSSR count). The summed E-state index contributed by atoms with van der Waals surface area (Å²) in [5, 5.41) is 12.6. The highest BCUT2D eigenvalue weighted by Gasteiger charge is 2.23. The Morgan fingerprint density at radius 1 is 1.56 bits per heavy atom. The predicted molar refractivity (Wildman–Crippen MR) is 76.4 cm³/mol. The summed E-state index contributed by atoms with van der Waals surface area (Å²) < 4.78 is 2.18. The number of nitrogens with one attached hydrogen (secondary N) is 1. The van der Waals surface area contributed by atoms with Crippen LogP contribution >= 0.6 is 11.3 Å². The van der Waals surface area contributed by atoms with E-state index in [4.69, 9.17) is 5.10 Å². The summed E-state index contributed by atoms with van der Waals surface area (Å²) in [6.07, 6.45) is 4.66. The quantitative estimate of drug-likeness (QED) is 0.909. The van der Waals surface area contributed by atoms with E-state index in [1.165, 1.54) is 29.9 Å². The number of unbranched alkanes of at least 4 members (excludes halogenated alkanes) is 1. The maximum Gasteiger partial charge on any atom is 0.125 e. The molecule has 1 atom stereocenters. The topological polar surface area (TPSA) is 29.9 Å². The zero-order valence-electron chi connectivity index (χ0n) is 10.7. The molecular weight excluding hydrogens is 242 g/mol. The van der Waals surface area contributed by atoms with Crippen LogP contribution in [0.15, 0.2) is 22.9 Å². The van der Waals surface area contributed by atoms with Gasteiger partial charge in [-0.25, -0.2) is 4.68 Å². The van der Waals surface area contributed by atoms with Crippen molar-refractivity contribution >= 4 is 17.2 Å². The predicted octanol–water partition coefficient (Wildman–Crippen LogP) is 3.69. The Bertz CT molecular complexity index is 501. The number of anilines is 1. The summed E-state index contributed by atoms with van der Waals surface area (Å²) in [5.74, 6) is 1.18. The summed E-state index contributed by atoms with van der Waals surface area (Å²) in [7, 11) is 0. The standard InChI is InChI=1S/C14H19N3S/c1-2-3-4-12-9-14-15-7-5-13(17(14)16-12)11-6-8-18-10-11/h6,8-10,13,15H,2-5,7H2,1H3. The van der Waals surface area contributed by atoms with E-state index < -0.39 is 0 Å². The van der Waals surface area contributed by atoms with Gasteiger partial charge in [0.1, 0.15) is 5.82 Å². The van der Waals surface area contributed by atoms with Crippen molar-refractivity contribution < 1.29 is 0 Å². The second kappa shape index (κ2) is 5.14. The van der Waals surface area contributed by atoms with Crippen molar-refractivity contribution in [3.05, 3.63) is 34.2 Å². The summed E-state index contributed by atoms with van der Waals surface area (Å²) >= 11 is 1.77. The van der Waals surface area contributed by atoms with Gasteiger partial charge in [0.25, 0.3) is 0 Å². The van der Waals surface area contributed by atoms with Gasteiger partial charge in [-0.2, -0.15) is 16.4 Å².